The van der Waals surface area contributed by atoms with E-state index in [-0.39, 0.29) is 16.9 Å². The van der Waals surface area contributed by atoms with Gasteiger partial charge in [-0.25, -0.2) is 0 Å². The second-order valence-electron chi connectivity index (χ2n) is 10.5. The standard InChI is InChI=1S/C31H36N2O5/c1-30(23-13-5-3-6-14-23,26-21-28(35)32-37-26)19-11-9-17-25(34)18-10-12-20-31(2,24-15-7-4-8-16-24)27-22-29(36)33-38-27/h3-8,13-16,21-22H,9-12,17-20H2,1-2H3,(H,32,35)(H,33,36). The molecule has 2 N–H and O–H groups in total. The van der Waals surface area contributed by atoms with E-state index in [1.54, 1.807) is 0 Å². The maximum Gasteiger partial charge on any atom is 0.280 e. The third-order valence-electron chi connectivity index (χ3n) is 7.72. The zero-order chi connectivity index (χ0) is 27.0. The molecule has 4 aromatic rings. The normalized spacial score (nSPS) is 14.6. The largest absolute Gasteiger partial charge is 0.383 e. The van der Waals surface area contributed by atoms with Crippen molar-refractivity contribution in [3.63, 3.8) is 0 Å². The highest BCUT2D eigenvalue weighted by Crippen LogP contribution is 2.37. The van der Waals surface area contributed by atoms with Gasteiger partial charge in [-0.15, -0.1) is 0 Å². The van der Waals surface area contributed by atoms with Gasteiger partial charge in [0.25, 0.3) is 11.1 Å². The van der Waals surface area contributed by atoms with Gasteiger partial charge in [-0.1, -0.05) is 73.5 Å². The smallest absolute Gasteiger partial charge is 0.280 e. The molecule has 4 rings (SSSR count). The molecule has 2 heterocycles. The van der Waals surface area contributed by atoms with Crippen LogP contribution in [0, 0.1) is 0 Å². The second kappa shape index (κ2) is 12.1. The Balaban J connectivity index is 1.27. The average molecular weight is 517 g/mol. The predicted octanol–water partition coefficient (Wildman–Crippen LogP) is 6.25. The first-order valence-electron chi connectivity index (χ1n) is 13.3. The molecule has 0 aliphatic carbocycles. The summed E-state index contributed by atoms with van der Waals surface area (Å²) in [6, 6.07) is 23.0. The molecule has 0 amide bonds. The highest BCUT2D eigenvalue weighted by Gasteiger charge is 2.33. The fourth-order valence-corrected chi connectivity index (χ4v) is 5.27. The highest BCUT2D eigenvalue weighted by atomic mass is 16.5. The number of aromatic amines is 2. The zero-order valence-corrected chi connectivity index (χ0v) is 22.1. The van der Waals surface area contributed by atoms with Crippen LogP contribution in [0.2, 0.25) is 0 Å². The molecule has 200 valence electrons. The number of hydrogen-bond donors (Lipinski definition) is 2. The number of carbonyl (C=O) groups excluding carboxylic acids is 1. The van der Waals surface area contributed by atoms with Gasteiger partial charge in [-0.2, -0.15) is 10.3 Å². The van der Waals surface area contributed by atoms with Crippen molar-refractivity contribution >= 4 is 5.78 Å². The Kier molecular flexibility index (Phi) is 8.66. The third-order valence-corrected chi connectivity index (χ3v) is 7.72. The van der Waals surface area contributed by atoms with Gasteiger partial charge in [-0.05, 0) is 50.7 Å². The van der Waals surface area contributed by atoms with Crippen LogP contribution in [0.5, 0.6) is 0 Å². The zero-order valence-electron chi connectivity index (χ0n) is 22.1. The Labute approximate surface area is 222 Å². The topological polar surface area (TPSA) is 109 Å². The molecule has 2 unspecified atom stereocenters. The van der Waals surface area contributed by atoms with Gasteiger partial charge in [0.1, 0.15) is 17.3 Å². The van der Waals surface area contributed by atoms with E-state index in [0.29, 0.717) is 24.4 Å². The molecule has 0 spiro atoms. The summed E-state index contributed by atoms with van der Waals surface area (Å²) in [7, 11) is 0. The van der Waals surface area contributed by atoms with E-state index >= 15 is 0 Å². The van der Waals surface area contributed by atoms with Crippen LogP contribution < -0.4 is 11.1 Å². The number of rotatable bonds is 14. The molecule has 0 radical (unpaired) electrons. The van der Waals surface area contributed by atoms with Crippen molar-refractivity contribution < 1.29 is 13.8 Å². The van der Waals surface area contributed by atoms with Crippen LogP contribution in [-0.4, -0.2) is 16.1 Å². The molecule has 0 saturated heterocycles. The molecule has 0 aliphatic rings. The molecule has 7 heteroatoms. The van der Waals surface area contributed by atoms with Crippen LogP contribution in [0.1, 0.15) is 87.9 Å². The number of aromatic nitrogens is 2. The second-order valence-corrected chi connectivity index (χ2v) is 10.5. The van der Waals surface area contributed by atoms with Gasteiger partial charge in [0.05, 0.1) is 10.8 Å². The lowest BCUT2D eigenvalue weighted by Gasteiger charge is -2.27. The first kappa shape index (κ1) is 27.2. The van der Waals surface area contributed by atoms with Gasteiger partial charge in [0.15, 0.2) is 0 Å². The summed E-state index contributed by atoms with van der Waals surface area (Å²) in [5, 5.41) is 4.81. The molecule has 0 bridgehead atoms. The molecule has 38 heavy (non-hydrogen) atoms. The number of Topliss-reactive ketones (excluding diaryl/α,β-unsaturated/α-hetero) is 1. The van der Waals surface area contributed by atoms with E-state index in [4.69, 9.17) is 9.05 Å². The monoisotopic (exact) mass is 516 g/mol. The third kappa shape index (κ3) is 6.33. The van der Waals surface area contributed by atoms with Gasteiger partial charge in [0.2, 0.25) is 0 Å². The minimum Gasteiger partial charge on any atom is -0.383 e. The van der Waals surface area contributed by atoms with Crippen molar-refractivity contribution in [2.24, 2.45) is 0 Å². The first-order valence-corrected chi connectivity index (χ1v) is 13.3. The Morgan fingerprint density at radius 1 is 0.658 bits per heavy atom. The van der Waals surface area contributed by atoms with Gasteiger partial charge < -0.3 is 9.05 Å². The SMILES string of the molecule is CC(CCCCC(=O)CCCCC(C)(c1ccccc1)c1cc(=O)[nH]o1)(c1ccccc1)c1cc(=O)[nH]o1. The van der Waals surface area contributed by atoms with Crippen molar-refractivity contribution in [3.05, 3.63) is 116 Å². The lowest BCUT2D eigenvalue weighted by atomic mass is 9.75. The van der Waals surface area contributed by atoms with E-state index in [1.807, 2.05) is 60.7 Å². The first-order chi connectivity index (χ1) is 18.3. The maximum atomic E-state index is 12.6. The van der Waals surface area contributed by atoms with Crippen LogP contribution in [0.25, 0.3) is 0 Å². The summed E-state index contributed by atoms with van der Waals surface area (Å²) >= 11 is 0. The van der Waals surface area contributed by atoms with Gasteiger partial charge >= 0.3 is 0 Å². The van der Waals surface area contributed by atoms with Gasteiger partial charge in [0, 0.05) is 25.0 Å². The number of hydrogen-bond acceptors (Lipinski definition) is 5. The fourth-order valence-electron chi connectivity index (χ4n) is 5.27. The molecular weight excluding hydrogens is 480 g/mol. The summed E-state index contributed by atoms with van der Waals surface area (Å²) in [5.74, 6) is 1.48. The number of benzene rings is 2. The molecule has 2 aromatic heterocycles. The van der Waals surface area contributed by atoms with Crippen molar-refractivity contribution in [2.75, 3.05) is 0 Å². The van der Waals surface area contributed by atoms with Crippen molar-refractivity contribution in [2.45, 2.75) is 76.0 Å². The Bertz CT molecular complexity index is 1310. The minimum atomic E-state index is -0.446. The molecule has 0 aliphatic heterocycles. The van der Waals surface area contributed by atoms with Crippen molar-refractivity contribution in [3.8, 4) is 0 Å². The molecule has 0 fully saturated rings. The van der Waals surface area contributed by atoms with Crippen LogP contribution in [0.15, 0.2) is 91.4 Å². The lowest BCUT2D eigenvalue weighted by Crippen LogP contribution is -2.23. The Morgan fingerprint density at radius 3 is 1.39 bits per heavy atom. The number of nitrogens with one attached hydrogen (secondary N) is 2. The lowest BCUT2D eigenvalue weighted by molar-refractivity contribution is -0.119. The Morgan fingerprint density at radius 2 is 1.05 bits per heavy atom. The van der Waals surface area contributed by atoms with Crippen LogP contribution in [0.4, 0.5) is 0 Å². The van der Waals surface area contributed by atoms with Crippen molar-refractivity contribution in [1.82, 2.24) is 10.3 Å². The van der Waals surface area contributed by atoms with Crippen LogP contribution in [0.3, 0.4) is 0 Å². The fraction of sp³-hybridized carbons (Fsp3) is 0.387. The number of H-pyrrole nitrogens is 2. The summed E-state index contributed by atoms with van der Waals surface area (Å²) in [4.78, 5) is 36.1. The summed E-state index contributed by atoms with van der Waals surface area (Å²) in [5.41, 5.74) is 0.762. The summed E-state index contributed by atoms with van der Waals surface area (Å²) < 4.78 is 11.0. The summed E-state index contributed by atoms with van der Waals surface area (Å²) in [6.07, 6.45) is 5.84. The van der Waals surface area contributed by atoms with Gasteiger partial charge in [-0.3, -0.25) is 14.4 Å². The minimum absolute atomic E-state index is 0.251. The van der Waals surface area contributed by atoms with E-state index in [9.17, 15) is 14.4 Å². The maximum absolute atomic E-state index is 12.6. The Hall–Kier alpha value is -3.87. The van der Waals surface area contributed by atoms with E-state index in [0.717, 1.165) is 49.7 Å². The van der Waals surface area contributed by atoms with Crippen LogP contribution >= 0.6 is 0 Å². The van der Waals surface area contributed by atoms with Crippen LogP contribution in [-0.2, 0) is 15.6 Å². The molecular formula is C31H36N2O5. The van der Waals surface area contributed by atoms with Crippen molar-refractivity contribution in [1.29, 1.82) is 0 Å². The highest BCUT2D eigenvalue weighted by molar-refractivity contribution is 5.78. The van der Waals surface area contributed by atoms with E-state index < -0.39 is 10.8 Å². The molecule has 7 nitrogen and oxygen atoms in total. The summed E-state index contributed by atoms with van der Waals surface area (Å²) in [6.45, 7) is 4.15. The average Bonchev–Trinajstić information content (AvgIpc) is 3.58. The van der Waals surface area contributed by atoms with E-state index in [2.05, 4.69) is 24.2 Å². The molecule has 2 aromatic carbocycles. The quantitative estimate of drug-likeness (QED) is 0.193. The number of carbonyl (C=O) groups is 1. The molecule has 2 atom stereocenters. The number of unbranched alkanes of at least 4 members (excludes halogenated alkanes) is 2. The predicted molar refractivity (Wildman–Crippen MR) is 146 cm³/mol. The van der Waals surface area contributed by atoms with E-state index in [1.165, 1.54) is 12.1 Å². The number of ketones is 1. The molecule has 0 saturated carbocycles.